The predicted octanol–water partition coefficient (Wildman–Crippen LogP) is -0.566. The minimum atomic E-state index is 0.193. The van der Waals surface area contributed by atoms with Crippen LogP contribution in [0.25, 0.3) is 0 Å². The molecule has 5 heteroatoms. The molecule has 0 aromatic heterocycles. The molecule has 0 bridgehead atoms. The van der Waals surface area contributed by atoms with Crippen LogP contribution in [0.3, 0.4) is 0 Å². The Morgan fingerprint density at radius 2 is 2.24 bits per heavy atom. The predicted molar refractivity (Wildman–Crippen MR) is 65.9 cm³/mol. The molecular weight excluding hydrogens is 218 g/mol. The molecule has 2 saturated heterocycles. The van der Waals surface area contributed by atoms with Gasteiger partial charge in [0.25, 0.3) is 0 Å². The van der Waals surface area contributed by atoms with Crippen molar-refractivity contribution >= 4 is 5.91 Å². The van der Waals surface area contributed by atoms with Crippen LogP contribution in [0, 0.1) is 5.92 Å². The summed E-state index contributed by atoms with van der Waals surface area (Å²) in [5.41, 5.74) is 0. The highest BCUT2D eigenvalue weighted by Gasteiger charge is 2.21. The van der Waals surface area contributed by atoms with Crippen LogP contribution in [0.15, 0.2) is 0 Å². The molecule has 5 nitrogen and oxygen atoms in total. The average molecular weight is 241 g/mol. The Hall–Kier alpha value is -0.650. The van der Waals surface area contributed by atoms with E-state index in [4.69, 9.17) is 4.74 Å². The second-order valence-electron chi connectivity index (χ2n) is 4.79. The van der Waals surface area contributed by atoms with E-state index in [1.54, 1.807) is 0 Å². The molecule has 0 saturated carbocycles. The maximum absolute atomic E-state index is 11.7. The van der Waals surface area contributed by atoms with Gasteiger partial charge in [0.15, 0.2) is 0 Å². The number of nitrogens with one attached hydrogen (secondary N) is 2. The summed E-state index contributed by atoms with van der Waals surface area (Å²) in [6.07, 6.45) is 2.02. The van der Waals surface area contributed by atoms with Crippen molar-refractivity contribution in [1.82, 2.24) is 15.5 Å². The molecule has 1 amide bonds. The third-order valence-electron chi connectivity index (χ3n) is 3.49. The number of rotatable bonds is 5. The molecule has 1 atom stereocenters. The van der Waals surface area contributed by atoms with E-state index in [1.807, 2.05) is 0 Å². The minimum Gasteiger partial charge on any atom is -0.379 e. The van der Waals surface area contributed by atoms with Gasteiger partial charge in [0.05, 0.1) is 19.1 Å². The molecule has 2 heterocycles. The van der Waals surface area contributed by atoms with Crippen molar-refractivity contribution in [2.75, 3.05) is 52.5 Å². The van der Waals surface area contributed by atoms with Gasteiger partial charge in [-0.2, -0.15) is 0 Å². The van der Waals surface area contributed by atoms with Crippen LogP contribution in [0.1, 0.15) is 12.8 Å². The molecule has 0 aliphatic carbocycles. The molecule has 0 radical (unpaired) electrons. The zero-order valence-corrected chi connectivity index (χ0v) is 10.4. The summed E-state index contributed by atoms with van der Waals surface area (Å²) >= 11 is 0. The van der Waals surface area contributed by atoms with Crippen LogP contribution in [-0.2, 0) is 9.53 Å². The molecule has 17 heavy (non-hydrogen) atoms. The van der Waals surface area contributed by atoms with E-state index >= 15 is 0 Å². The van der Waals surface area contributed by atoms with Gasteiger partial charge in [-0.25, -0.2) is 0 Å². The smallest absolute Gasteiger partial charge is 0.224 e. The van der Waals surface area contributed by atoms with Gasteiger partial charge in [0, 0.05) is 26.2 Å². The van der Waals surface area contributed by atoms with E-state index in [0.29, 0.717) is 0 Å². The molecule has 2 rings (SSSR count). The van der Waals surface area contributed by atoms with E-state index in [-0.39, 0.29) is 11.8 Å². The summed E-state index contributed by atoms with van der Waals surface area (Å²) < 4.78 is 5.29. The maximum atomic E-state index is 11.7. The number of amides is 1. The first-order valence-corrected chi connectivity index (χ1v) is 6.65. The normalized spacial score (nSPS) is 26.0. The Bertz CT molecular complexity index is 236. The van der Waals surface area contributed by atoms with Gasteiger partial charge in [0.1, 0.15) is 0 Å². The third kappa shape index (κ3) is 4.26. The summed E-state index contributed by atoms with van der Waals surface area (Å²) in [4.78, 5) is 14.1. The minimum absolute atomic E-state index is 0.193. The van der Waals surface area contributed by atoms with E-state index < -0.39 is 0 Å². The molecular formula is C12H23N3O2. The molecule has 0 aromatic rings. The molecule has 2 fully saturated rings. The van der Waals surface area contributed by atoms with Gasteiger partial charge in [-0.1, -0.05) is 0 Å². The van der Waals surface area contributed by atoms with E-state index in [9.17, 15) is 4.79 Å². The monoisotopic (exact) mass is 241 g/mol. The van der Waals surface area contributed by atoms with Gasteiger partial charge in [-0.3, -0.25) is 9.69 Å². The topological polar surface area (TPSA) is 53.6 Å². The number of nitrogens with zero attached hydrogens (tertiary/aromatic N) is 1. The number of carbonyl (C=O) groups excluding carboxylic acids is 1. The van der Waals surface area contributed by atoms with Crippen molar-refractivity contribution in [2.24, 2.45) is 5.92 Å². The van der Waals surface area contributed by atoms with Crippen LogP contribution in [0.4, 0.5) is 0 Å². The maximum Gasteiger partial charge on any atom is 0.224 e. The summed E-state index contributed by atoms with van der Waals surface area (Å²) in [5.74, 6) is 0.412. The molecule has 0 unspecified atom stereocenters. The number of ether oxygens (including phenoxy) is 1. The first kappa shape index (κ1) is 12.8. The lowest BCUT2D eigenvalue weighted by Gasteiger charge is -2.26. The van der Waals surface area contributed by atoms with Gasteiger partial charge in [-0.05, 0) is 25.9 Å². The highest BCUT2D eigenvalue weighted by Crippen LogP contribution is 2.06. The number of carbonyl (C=O) groups is 1. The zero-order valence-electron chi connectivity index (χ0n) is 10.4. The number of hydrogen-bond donors (Lipinski definition) is 2. The Kier molecular flexibility index (Phi) is 5.22. The average Bonchev–Trinajstić information content (AvgIpc) is 2.89. The van der Waals surface area contributed by atoms with Crippen molar-refractivity contribution < 1.29 is 9.53 Å². The highest BCUT2D eigenvalue weighted by atomic mass is 16.5. The molecule has 0 aromatic carbocycles. The molecule has 2 aliphatic heterocycles. The molecule has 0 spiro atoms. The fourth-order valence-electron chi connectivity index (χ4n) is 2.36. The van der Waals surface area contributed by atoms with Crippen LogP contribution >= 0.6 is 0 Å². The van der Waals surface area contributed by atoms with Crippen molar-refractivity contribution in [2.45, 2.75) is 12.8 Å². The van der Waals surface area contributed by atoms with Crippen LogP contribution in [0.2, 0.25) is 0 Å². The molecule has 98 valence electrons. The first-order valence-electron chi connectivity index (χ1n) is 6.65. The van der Waals surface area contributed by atoms with Gasteiger partial charge < -0.3 is 15.4 Å². The fourth-order valence-corrected chi connectivity index (χ4v) is 2.36. The standard InChI is InChI=1S/C12H23N3O2/c16-12(11-2-4-13-10-11)14-3-1-5-15-6-8-17-9-7-15/h11,13H,1-10H2,(H,14,16)/t11-/m1/s1. The Morgan fingerprint density at radius 3 is 2.94 bits per heavy atom. The van der Waals surface area contributed by atoms with Gasteiger partial charge in [-0.15, -0.1) is 0 Å². The van der Waals surface area contributed by atoms with Crippen molar-refractivity contribution in [3.8, 4) is 0 Å². The number of hydrogen-bond acceptors (Lipinski definition) is 4. The Labute approximate surface area is 103 Å². The van der Waals surface area contributed by atoms with Crippen molar-refractivity contribution in [1.29, 1.82) is 0 Å². The molecule has 2 N–H and O–H groups in total. The highest BCUT2D eigenvalue weighted by molar-refractivity contribution is 5.79. The summed E-state index contributed by atoms with van der Waals surface area (Å²) in [6.45, 7) is 7.43. The lowest BCUT2D eigenvalue weighted by Crippen LogP contribution is -2.39. The van der Waals surface area contributed by atoms with Gasteiger partial charge >= 0.3 is 0 Å². The fraction of sp³-hybridized carbons (Fsp3) is 0.917. The Balaban J connectivity index is 1.51. The summed E-state index contributed by atoms with van der Waals surface area (Å²) in [6, 6.07) is 0. The lowest BCUT2D eigenvalue weighted by atomic mass is 10.1. The first-order chi connectivity index (χ1) is 8.36. The number of morpholine rings is 1. The van der Waals surface area contributed by atoms with Crippen LogP contribution in [-0.4, -0.2) is 63.3 Å². The Morgan fingerprint density at radius 1 is 1.41 bits per heavy atom. The van der Waals surface area contributed by atoms with Gasteiger partial charge in [0.2, 0.25) is 5.91 Å². The zero-order chi connectivity index (χ0) is 11.9. The third-order valence-corrected chi connectivity index (χ3v) is 3.49. The van der Waals surface area contributed by atoms with E-state index in [1.165, 1.54) is 0 Å². The summed E-state index contributed by atoms with van der Waals surface area (Å²) in [5, 5.41) is 6.24. The second-order valence-corrected chi connectivity index (χ2v) is 4.79. The van der Waals surface area contributed by atoms with E-state index in [2.05, 4.69) is 15.5 Å². The second kappa shape index (κ2) is 6.93. The summed E-state index contributed by atoms with van der Waals surface area (Å²) in [7, 11) is 0. The lowest BCUT2D eigenvalue weighted by molar-refractivity contribution is -0.124. The largest absolute Gasteiger partial charge is 0.379 e. The van der Waals surface area contributed by atoms with Crippen LogP contribution in [0.5, 0.6) is 0 Å². The SMILES string of the molecule is O=C(NCCCN1CCOCC1)[C@@H]1CCNC1. The molecule has 2 aliphatic rings. The van der Waals surface area contributed by atoms with Crippen LogP contribution < -0.4 is 10.6 Å². The van der Waals surface area contributed by atoms with E-state index in [0.717, 1.165) is 65.3 Å². The van der Waals surface area contributed by atoms with Crippen molar-refractivity contribution in [3.05, 3.63) is 0 Å². The quantitative estimate of drug-likeness (QED) is 0.633. The van der Waals surface area contributed by atoms with Crippen molar-refractivity contribution in [3.63, 3.8) is 0 Å².